The number of aromatic nitrogens is 1. The second kappa shape index (κ2) is 4.76. The molecule has 1 atom stereocenters. The number of rotatable bonds is 2. The number of pyridine rings is 1. The van der Waals surface area contributed by atoms with Crippen LogP contribution in [0.15, 0.2) is 23.2 Å². The number of anilines is 1. The van der Waals surface area contributed by atoms with Gasteiger partial charge in [-0.2, -0.15) is 4.31 Å². The zero-order valence-corrected chi connectivity index (χ0v) is 12.4. The molecule has 2 N–H and O–H groups in total. The molecule has 1 unspecified atom stereocenters. The van der Waals surface area contributed by atoms with E-state index in [0.717, 1.165) is 6.42 Å². The van der Waals surface area contributed by atoms with E-state index in [0.29, 0.717) is 19.0 Å². The van der Waals surface area contributed by atoms with E-state index in [-0.39, 0.29) is 16.1 Å². The summed E-state index contributed by atoms with van der Waals surface area (Å²) in [5.41, 5.74) is 5.68. The number of sulfonamides is 1. The summed E-state index contributed by atoms with van der Waals surface area (Å²) in [5, 5.41) is 0. The maximum Gasteiger partial charge on any atom is 0.243 e. The lowest BCUT2D eigenvalue weighted by Crippen LogP contribution is -2.31. The third-order valence-electron chi connectivity index (χ3n) is 3.77. The molecule has 0 amide bonds. The van der Waals surface area contributed by atoms with Crippen LogP contribution in [0.4, 0.5) is 5.82 Å². The minimum absolute atomic E-state index is 0.127. The molecule has 1 aliphatic rings. The summed E-state index contributed by atoms with van der Waals surface area (Å²) in [4.78, 5) is 4.06. The number of nitrogens with zero attached hydrogens (tertiary/aromatic N) is 2. The van der Waals surface area contributed by atoms with Gasteiger partial charge in [-0.1, -0.05) is 20.8 Å². The van der Waals surface area contributed by atoms with Crippen LogP contribution in [-0.2, 0) is 10.0 Å². The zero-order valence-electron chi connectivity index (χ0n) is 11.6. The van der Waals surface area contributed by atoms with E-state index < -0.39 is 10.0 Å². The van der Waals surface area contributed by atoms with Crippen LogP contribution in [0.2, 0.25) is 0 Å². The first-order valence-electron chi connectivity index (χ1n) is 6.43. The Bertz CT molecular complexity index is 563. The second-order valence-corrected chi connectivity index (χ2v) is 8.07. The number of nitrogen functional groups attached to an aromatic ring is 1. The first-order valence-corrected chi connectivity index (χ1v) is 7.87. The molecule has 0 bridgehead atoms. The quantitative estimate of drug-likeness (QED) is 0.896. The van der Waals surface area contributed by atoms with Crippen molar-refractivity contribution in [1.82, 2.24) is 9.29 Å². The minimum atomic E-state index is -3.44. The highest BCUT2D eigenvalue weighted by atomic mass is 32.2. The smallest absolute Gasteiger partial charge is 0.243 e. The Balaban J connectivity index is 2.23. The summed E-state index contributed by atoms with van der Waals surface area (Å²) >= 11 is 0. The van der Waals surface area contributed by atoms with Crippen molar-refractivity contribution in [1.29, 1.82) is 0 Å². The van der Waals surface area contributed by atoms with Crippen LogP contribution in [0.5, 0.6) is 0 Å². The molecule has 0 spiro atoms. The molecule has 1 aromatic rings. The van der Waals surface area contributed by atoms with E-state index >= 15 is 0 Å². The van der Waals surface area contributed by atoms with Gasteiger partial charge in [-0.15, -0.1) is 0 Å². The Labute approximate surface area is 114 Å². The normalized spacial score (nSPS) is 21.7. The van der Waals surface area contributed by atoms with Gasteiger partial charge in [-0.05, 0) is 23.8 Å². The van der Waals surface area contributed by atoms with E-state index in [2.05, 4.69) is 25.8 Å². The van der Waals surface area contributed by atoms with Gasteiger partial charge in [0.1, 0.15) is 5.82 Å². The van der Waals surface area contributed by atoms with E-state index in [9.17, 15) is 8.42 Å². The van der Waals surface area contributed by atoms with Crippen LogP contribution in [0, 0.1) is 11.3 Å². The topological polar surface area (TPSA) is 76.3 Å². The summed E-state index contributed by atoms with van der Waals surface area (Å²) < 4.78 is 26.6. The number of hydrogen-bond donors (Lipinski definition) is 1. The Hall–Kier alpha value is -1.14. The standard InChI is InChI=1S/C13H21N3O2S/c1-13(2,3)10-5-7-16(9-10)19(17,18)11-4-6-15-12(14)8-11/h4,6,8,10H,5,7,9H2,1-3H3,(H2,14,15). The van der Waals surface area contributed by atoms with Gasteiger partial charge in [0.15, 0.2) is 0 Å². The van der Waals surface area contributed by atoms with E-state index in [4.69, 9.17) is 5.73 Å². The lowest BCUT2D eigenvalue weighted by atomic mass is 9.80. The third kappa shape index (κ3) is 2.90. The van der Waals surface area contributed by atoms with E-state index in [1.165, 1.54) is 18.3 Å². The molecule has 1 saturated heterocycles. The highest BCUT2D eigenvalue weighted by molar-refractivity contribution is 7.89. The van der Waals surface area contributed by atoms with Crippen molar-refractivity contribution in [3.05, 3.63) is 18.3 Å². The maximum absolute atomic E-state index is 12.5. The highest BCUT2D eigenvalue weighted by Gasteiger charge is 2.37. The van der Waals surface area contributed by atoms with Crippen LogP contribution in [-0.4, -0.2) is 30.8 Å². The van der Waals surface area contributed by atoms with Gasteiger partial charge in [-0.25, -0.2) is 13.4 Å². The van der Waals surface area contributed by atoms with Gasteiger partial charge in [-0.3, -0.25) is 0 Å². The summed E-state index contributed by atoms with van der Waals surface area (Å²) in [6.07, 6.45) is 2.34. The van der Waals surface area contributed by atoms with Crippen LogP contribution in [0.1, 0.15) is 27.2 Å². The predicted octanol–water partition coefficient (Wildman–Crippen LogP) is 1.72. The fourth-order valence-corrected chi connectivity index (χ4v) is 3.91. The van der Waals surface area contributed by atoms with Crippen molar-refractivity contribution in [2.45, 2.75) is 32.1 Å². The summed E-state index contributed by atoms with van der Waals surface area (Å²) in [6.45, 7) is 7.61. The van der Waals surface area contributed by atoms with Crippen molar-refractivity contribution in [2.75, 3.05) is 18.8 Å². The first kappa shape index (κ1) is 14.3. The Morgan fingerprint density at radius 2 is 2.11 bits per heavy atom. The van der Waals surface area contributed by atoms with Crippen molar-refractivity contribution in [2.24, 2.45) is 11.3 Å². The van der Waals surface area contributed by atoms with E-state index in [1.54, 1.807) is 4.31 Å². The average molecular weight is 283 g/mol. The minimum Gasteiger partial charge on any atom is -0.384 e. The molecule has 1 fully saturated rings. The van der Waals surface area contributed by atoms with Crippen LogP contribution < -0.4 is 5.73 Å². The zero-order chi connectivity index (χ0) is 14.3. The van der Waals surface area contributed by atoms with Gasteiger partial charge in [0, 0.05) is 25.4 Å². The molecule has 5 nitrogen and oxygen atoms in total. The Morgan fingerprint density at radius 3 is 2.63 bits per heavy atom. The van der Waals surface area contributed by atoms with Crippen LogP contribution in [0.25, 0.3) is 0 Å². The predicted molar refractivity (Wildman–Crippen MR) is 75.0 cm³/mol. The fourth-order valence-electron chi connectivity index (χ4n) is 2.39. The average Bonchev–Trinajstić information content (AvgIpc) is 2.78. The van der Waals surface area contributed by atoms with Crippen LogP contribution in [0.3, 0.4) is 0 Å². The van der Waals surface area contributed by atoms with Crippen molar-refractivity contribution in [3.8, 4) is 0 Å². The fraction of sp³-hybridized carbons (Fsp3) is 0.615. The Morgan fingerprint density at radius 1 is 1.42 bits per heavy atom. The summed E-state index contributed by atoms with van der Waals surface area (Å²) in [5.74, 6) is 0.620. The molecule has 0 radical (unpaired) electrons. The molecule has 106 valence electrons. The highest BCUT2D eigenvalue weighted by Crippen LogP contribution is 2.35. The van der Waals surface area contributed by atoms with Gasteiger partial charge in [0.05, 0.1) is 4.90 Å². The number of nitrogens with two attached hydrogens (primary N) is 1. The monoisotopic (exact) mass is 283 g/mol. The molecule has 19 heavy (non-hydrogen) atoms. The lowest BCUT2D eigenvalue weighted by molar-refractivity contribution is 0.252. The molecule has 6 heteroatoms. The maximum atomic E-state index is 12.5. The summed E-state index contributed by atoms with van der Waals surface area (Å²) in [6, 6.07) is 2.91. The molecule has 0 saturated carbocycles. The molecule has 1 aromatic heterocycles. The van der Waals surface area contributed by atoms with Crippen molar-refractivity contribution in [3.63, 3.8) is 0 Å². The van der Waals surface area contributed by atoms with E-state index in [1.807, 2.05) is 0 Å². The number of hydrogen-bond acceptors (Lipinski definition) is 4. The summed E-state index contributed by atoms with van der Waals surface area (Å²) in [7, 11) is -3.44. The first-order chi connectivity index (χ1) is 8.71. The molecular formula is C13H21N3O2S. The van der Waals surface area contributed by atoms with Gasteiger partial charge in [0.2, 0.25) is 10.0 Å². The molecular weight excluding hydrogens is 262 g/mol. The third-order valence-corrected chi connectivity index (χ3v) is 5.63. The van der Waals surface area contributed by atoms with Crippen molar-refractivity contribution >= 4 is 15.8 Å². The van der Waals surface area contributed by atoms with Crippen LogP contribution >= 0.6 is 0 Å². The lowest BCUT2D eigenvalue weighted by Gasteiger charge is -2.26. The van der Waals surface area contributed by atoms with Gasteiger partial charge >= 0.3 is 0 Å². The molecule has 0 aromatic carbocycles. The molecule has 2 heterocycles. The van der Waals surface area contributed by atoms with Gasteiger partial charge in [0.25, 0.3) is 0 Å². The molecule has 2 rings (SSSR count). The SMILES string of the molecule is CC(C)(C)C1CCN(S(=O)(=O)c2ccnc(N)c2)C1. The van der Waals surface area contributed by atoms with Gasteiger partial charge < -0.3 is 5.73 Å². The molecule has 1 aliphatic heterocycles. The largest absolute Gasteiger partial charge is 0.384 e. The molecule has 0 aliphatic carbocycles. The Kier molecular flexibility index (Phi) is 3.57. The second-order valence-electron chi connectivity index (χ2n) is 6.13. The van der Waals surface area contributed by atoms with Crippen molar-refractivity contribution < 1.29 is 8.42 Å².